The van der Waals surface area contributed by atoms with E-state index in [-0.39, 0.29) is 17.9 Å². The van der Waals surface area contributed by atoms with Gasteiger partial charge in [0.15, 0.2) is 5.75 Å². The molecule has 2 rings (SSSR count). The number of H-pyrrole nitrogens is 1. The first-order chi connectivity index (χ1) is 9.54. The van der Waals surface area contributed by atoms with Gasteiger partial charge in [-0.15, -0.1) is 0 Å². The molecule has 1 aromatic heterocycles. The van der Waals surface area contributed by atoms with E-state index in [1.807, 2.05) is 6.07 Å². The minimum absolute atomic E-state index is 0.176. The van der Waals surface area contributed by atoms with Crippen molar-refractivity contribution in [1.82, 2.24) is 4.98 Å². The fraction of sp³-hybridized carbons (Fsp3) is 0.200. The minimum atomic E-state index is -0.962. The highest BCUT2D eigenvalue weighted by Crippen LogP contribution is 2.28. The topological polar surface area (TPSA) is 79.4 Å². The smallest absolute Gasteiger partial charge is 0.309 e. The Labute approximate surface area is 116 Å². The Morgan fingerprint density at radius 1 is 1.25 bits per heavy atom. The van der Waals surface area contributed by atoms with Gasteiger partial charge in [-0.1, -0.05) is 30.3 Å². The van der Waals surface area contributed by atoms with E-state index in [4.69, 9.17) is 9.84 Å². The Morgan fingerprint density at radius 2 is 1.90 bits per heavy atom. The summed E-state index contributed by atoms with van der Waals surface area (Å²) in [5.74, 6) is -0.784. The lowest BCUT2D eigenvalue weighted by Crippen LogP contribution is -2.05. The van der Waals surface area contributed by atoms with Crippen LogP contribution in [0.25, 0.3) is 0 Å². The van der Waals surface area contributed by atoms with Crippen LogP contribution in [0.15, 0.2) is 30.3 Å². The molecule has 5 heteroatoms. The molecule has 0 spiro atoms. The van der Waals surface area contributed by atoms with E-state index in [1.54, 1.807) is 31.2 Å². The maximum absolute atomic E-state index is 12.4. The first-order valence-electron chi connectivity index (χ1n) is 6.11. The molecule has 0 atom stereocenters. The second-order valence-corrected chi connectivity index (χ2v) is 4.40. The van der Waals surface area contributed by atoms with E-state index in [0.717, 1.165) is 0 Å². The maximum Gasteiger partial charge on any atom is 0.309 e. The van der Waals surface area contributed by atoms with Crippen molar-refractivity contribution in [3.05, 3.63) is 52.8 Å². The summed E-state index contributed by atoms with van der Waals surface area (Å²) in [5.41, 5.74) is 1.93. The van der Waals surface area contributed by atoms with Gasteiger partial charge in [-0.2, -0.15) is 0 Å². The predicted octanol–water partition coefficient (Wildman–Crippen LogP) is 2.19. The fourth-order valence-corrected chi connectivity index (χ4v) is 2.10. The summed E-state index contributed by atoms with van der Waals surface area (Å²) in [6.07, 6.45) is -0.176. The lowest BCUT2D eigenvalue weighted by molar-refractivity contribution is -0.136. The lowest BCUT2D eigenvalue weighted by atomic mass is 10.1. The molecular weight excluding hydrogens is 258 g/mol. The molecule has 0 aliphatic heterocycles. The van der Waals surface area contributed by atoms with Crippen LogP contribution in [0.2, 0.25) is 0 Å². The highest BCUT2D eigenvalue weighted by molar-refractivity contribution is 6.10. The van der Waals surface area contributed by atoms with Crippen molar-refractivity contribution < 1.29 is 19.4 Å². The van der Waals surface area contributed by atoms with E-state index in [0.29, 0.717) is 22.6 Å². The van der Waals surface area contributed by atoms with Crippen molar-refractivity contribution in [2.45, 2.75) is 13.3 Å². The Morgan fingerprint density at radius 3 is 2.45 bits per heavy atom. The number of aromatic nitrogens is 1. The number of carboxylic acids is 1. The van der Waals surface area contributed by atoms with Crippen molar-refractivity contribution in [3.8, 4) is 5.75 Å². The van der Waals surface area contributed by atoms with Gasteiger partial charge in [-0.05, 0) is 6.92 Å². The van der Waals surface area contributed by atoms with Gasteiger partial charge in [-0.3, -0.25) is 9.59 Å². The van der Waals surface area contributed by atoms with Crippen molar-refractivity contribution in [2.75, 3.05) is 7.11 Å². The van der Waals surface area contributed by atoms with Gasteiger partial charge in [0, 0.05) is 16.8 Å². The monoisotopic (exact) mass is 273 g/mol. The first-order valence-corrected chi connectivity index (χ1v) is 6.11. The van der Waals surface area contributed by atoms with E-state index < -0.39 is 5.97 Å². The molecule has 0 fully saturated rings. The van der Waals surface area contributed by atoms with Crippen LogP contribution >= 0.6 is 0 Å². The van der Waals surface area contributed by atoms with Crippen LogP contribution in [0.1, 0.15) is 27.3 Å². The van der Waals surface area contributed by atoms with Gasteiger partial charge in [0.2, 0.25) is 5.78 Å². The summed E-state index contributed by atoms with van der Waals surface area (Å²) in [5, 5.41) is 8.87. The molecular formula is C15H15NO4. The summed E-state index contributed by atoms with van der Waals surface area (Å²) in [7, 11) is 1.46. The van der Waals surface area contributed by atoms with Crippen LogP contribution < -0.4 is 4.74 Å². The van der Waals surface area contributed by atoms with E-state index >= 15 is 0 Å². The maximum atomic E-state index is 12.4. The summed E-state index contributed by atoms with van der Waals surface area (Å²) < 4.78 is 5.24. The number of ketones is 1. The molecule has 0 unspecified atom stereocenters. The van der Waals surface area contributed by atoms with Crippen LogP contribution in [-0.2, 0) is 11.2 Å². The van der Waals surface area contributed by atoms with Gasteiger partial charge in [0.1, 0.15) is 5.69 Å². The lowest BCUT2D eigenvalue weighted by Gasteiger charge is -2.03. The van der Waals surface area contributed by atoms with E-state index in [1.165, 1.54) is 7.11 Å². The molecule has 0 amide bonds. The third kappa shape index (κ3) is 2.56. The number of aromatic amines is 1. The molecule has 2 aromatic rings. The molecule has 0 saturated carbocycles. The molecule has 104 valence electrons. The van der Waals surface area contributed by atoms with Crippen LogP contribution in [0.4, 0.5) is 0 Å². The van der Waals surface area contributed by atoms with Gasteiger partial charge >= 0.3 is 5.97 Å². The van der Waals surface area contributed by atoms with Gasteiger partial charge < -0.3 is 14.8 Å². The molecule has 1 heterocycles. The minimum Gasteiger partial charge on any atom is -0.494 e. The van der Waals surface area contributed by atoms with Crippen LogP contribution in [0, 0.1) is 6.92 Å². The zero-order valence-corrected chi connectivity index (χ0v) is 11.3. The van der Waals surface area contributed by atoms with E-state index in [9.17, 15) is 9.59 Å². The normalized spacial score (nSPS) is 10.3. The number of hydrogen-bond acceptors (Lipinski definition) is 3. The van der Waals surface area contributed by atoms with Crippen molar-refractivity contribution in [1.29, 1.82) is 0 Å². The van der Waals surface area contributed by atoms with Crippen molar-refractivity contribution in [2.24, 2.45) is 0 Å². The quantitative estimate of drug-likeness (QED) is 0.818. The Kier molecular flexibility index (Phi) is 3.89. The third-order valence-corrected chi connectivity index (χ3v) is 3.09. The summed E-state index contributed by atoms with van der Waals surface area (Å²) >= 11 is 0. The second kappa shape index (κ2) is 5.61. The number of nitrogens with one attached hydrogen (secondary N) is 1. The number of hydrogen-bond donors (Lipinski definition) is 2. The largest absolute Gasteiger partial charge is 0.494 e. The summed E-state index contributed by atoms with van der Waals surface area (Å²) in [6, 6.07) is 8.77. The average molecular weight is 273 g/mol. The molecule has 5 nitrogen and oxygen atoms in total. The standard InChI is InChI=1S/C15H15NO4/c1-9-11(8-12(17)18)16-13(15(9)20-2)14(19)10-6-4-3-5-7-10/h3-7,16H,8H2,1-2H3,(H,17,18). The molecule has 0 aliphatic rings. The molecule has 1 aromatic carbocycles. The number of methoxy groups -OCH3 is 1. The highest BCUT2D eigenvalue weighted by atomic mass is 16.5. The molecule has 20 heavy (non-hydrogen) atoms. The zero-order valence-electron chi connectivity index (χ0n) is 11.3. The Balaban J connectivity index is 2.46. The number of aliphatic carboxylic acids is 1. The highest BCUT2D eigenvalue weighted by Gasteiger charge is 2.22. The zero-order chi connectivity index (χ0) is 14.7. The number of rotatable bonds is 5. The number of carboxylic acid groups (broad SMARTS) is 1. The van der Waals surface area contributed by atoms with Crippen LogP contribution in [0.5, 0.6) is 5.75 Å². The van der Waals surface area contributed by atoms with E-state index in [2.05, 4.69) is 4.98 Å². The SMILES string of the molecule is COc1c(C(=O)c2ccccc2)[nH]c(CC(=O)O)c1C. The Hall–Kier alpha value is -2.56. The number of ether oxygens (including phenoxy) is 1. The first kappa shape index (κ1) is 13.9. The molecule has 0 aliphatic carbocycles. The second-order valence-electron chi connectivity index (χ2n) is 4.40. The summed E-state index contributed by atoms with van der Waals surface area (Å²) in [4.78, 5) is 26.1. The van der Waals surface area contributed by atoms with Gasteiger partial charge in [0.05, 0.1) is 13.5 Å². The molecule has 2 N–H and O–H groups in total. The fourth-order valence-electron chi connectivity index (χ4n) is 2.10. The predicted molar refractivity (Wildman–Crippen MR) is 73.3 cm³/mol. The van der Waals surface area contributed by atoms with Gasteiger partial charge in [-0.25, -0.2) is 0 Å². The van der Waals surface area contributed by atoms with Crippen LogP contribution in [0.3, 0.4) is 0 Å². The average Bonchev–Trinajstić information content (AvgIpc) is 2.75. The van der Waals surface area contributed by atoms with Crippen LogP contribution in [-0.4, -0.2) is 29.0 Å². The molecule has 0 bridgehead atoms. The number of carbonyl (C=O) groups excluding carboxylic acids is 1. The Bertz CT molecular complexity index is 643. The molecule has 0 radical (unpaired) electrons. The number of benzene rings is 1. The summed E-state index contributed by atoms with van der Waals surface area (Å²) in [6.45, 7) is 1.73. The van der Waals surface area contributed by atoms with Crippen molar-refractivity contribution >= 4 is 11.8 Å². The third-order valence-electron chi connectivity index (χ3n) is 3.09. The van der Waals surface area contributed by atoms with Gasteiger partial charge in [0.25, 0.3) is 0 Å². The number of carbonyl (C=O) groups is 2. The van der Waals surface area contributed by atoms with Crippen molar-refractivity contribution in [3.63, 3.8) is 0 Å². The molecule has 0 saturated heterocycles.